The maximum absolute atomic E-state index is 12.4. The topological polar surface area (TPSA) is 58.2 Å². The second kappa shape index (κ2) is 7.58. The lowest BCUT2D eigenvalue weighted by Crippen LogP contribution is -2.14. The Labute approximate surface area is 136 Å². The highest BCUT2D eigenvalue weighted by molar-refractivity contribution is 6.05. The summed E-state index contributed by atoms with van der Waals surface area (Å²) in [4.78, 5) is 23.0. The van der Waals surface area contributed by atoms with Crippen LogP contribution in [0.5, 0.6) is 0 Å². The molecule has 2 aromatic rings. The fraction of sp³-hybridized carbons (Fsp3) is 0.263. The number of anilines is 2. The van der Waals surface area contributed by atoms with Gasteiger partial charge in [0.15, 0.2) is 0 Å². The third-order valence-corrected chi connectivity index (χ3v) is 3.73. The van der Waals surface area contributed by atoms with Crippen LogP contribution < -0.4 is 10.6 Å². The van der Waals surface area contributed by atoms with Crippen molar-refractivity contribution in [3.05, 3.63) is 59.2 Å². The third-order valence-electron chi connectivity index (χ3n) is 3.73. The summed E-state index contributed by atoms with van der Waals surface area (Å²) < 4.78 is 0. The van der Waals surface area contributed by atoms with E-state index in [1.165, 1.54) is 0 Å². The molecule has 1 amide bonds. The number of nitrogens with one attached hydrogen (secondary N) is 2. The van der Waals surface area contributed by atoms with Crippen LogP contribution in [-0.4, -0.2) is 18.7 Å². The lowest BCUT2D eigenvalue weighted by Gasteiger charge is -2.12. The number of rotatable bonds is 6. The number of benzene rings is 2. The molecule has 4 heteroatoms. The monoisotopic (exact) mass is 310 g/mol. The predicted molar refractivity (Wildman–Crippen MR) is 94.0 cm³/mol. The maximum Gasteiger partial charge on any atom is 0.255 e. The normalized spacial score (nSPS) is 11.6. The molecular formula is C19H22N2O2. The first-order valence-electron chi connectivity index (χ1n) is 7.68. The minimum Gasteiger partial charge on any atom is -0.384 e. The van der Waals surface area contributed by atoms with Gasteiger partial charge >= 0.3 is 0 Å². The van der Waals surface area contributed by atoms with Crippen LogP contribution in [0.4, 0.5) is 11.4 Å². The molecule has 0 saturated carbocycles. The van der Waals surface area contributed by atoms with E-state index in [2.05, 4.69) is 10.6 Å². The van der Waals surface area contributed by atoms with Crippen LogP contribution in [-0.2, 0) is 4.79 Å². The van der Waals surface area contributed by atoms with Gasteiger partial charge in [-0.25, -0.2) is 0 Å². The van der Waals surface area contributed by atoms with E-state index in [1.807, 2.05) is 51.1 Å². The molecule has 23 heavy (non-hydrogen) atoms. The first-order chi connectivity index (χ1) is 11.0. The van der Waals surface area contributed by atoms with Gasteiger partial charge in [0.1, 0.15) is 6.29 Å². The molecule has 1 unspecified atom stereocenters. The fourth-order valence-electron chi connectivity index (χ4n) is 2.26. The Hall–Kier alpha value is -2.62. The van der Waals surface area contributed by atoms with Crippen LogP contribution in [0.2, 0.25) is 0 Å². The highest BCUT2D eigenvalue weighted by Gasteiger charge is 2.09. The van der Waals surface area contributed by atoms with E-state index < -0.39 is 0 Å². The summed E-state index contributed by atoms with van der Waals surface area (Å²) in [6.07, 6.45) is 0.916. The molecule has 0 aliphatic rings. The average molecular weight is 310 g/mol. The van der Waals surface area contributed by atoms with Crippen LogP contribution in [0.15, 0.2) is 42.5 Å². The Balaban J connectivity index is 2.04. The highest BCUT2D eigenvalue weighted by atomic mass is 16.1. The Bertz CT molecular complexity index is 673. The van der Waals surface area contributed by atoms with Gasteiger partial charge < -0.3 is 15.4 Å². The summed E-state index contributed by atoms with van der Waals surface area (Å²) in [6.45, 7) is 6.39. The largest absolute Gasteiger partial charge is 0.384 e. The number of aldehydes is 1. The van der Waals surface area contributed by atoms with E-state index in [0.29, 0.717) is 12.1 Å². The zero-order valence-electron chi connectivity index (χ0n) is 13.7. The second-order valence-corrected chi connectivity index (χ2v) is 5.79. The number of aryl methyl sites for hydroxylation is 2. The molecule has 0 aliphatic carbocycles. The van der Waals surface area contributed by atoms with Crippen molar-refractivity contribution in [2.24, 2.45) is 5.92 Å². The van der Waals surface area contributed by atoms with Crippen LogP contribution >= 0.6 is 0 Å². The van der Waals surface area contributed by atoms with E-state index >= 15 is 0 Å². The number of amides is 1. The van der Waals surface area contributed by atoms with Gasteiger partial charge in [-0.05, 0) is 49.2 Å². The first kappa shape index (κ1) is 16.7. The number of carbonyl (C=O) groups excluding carboxylic acids is 2. The molecule has 120 valence electrons. The van der Waals surface area contributed by atoms with Crippen LogP contribution in [0.1, 0.15) is 28.4 Å². The molecule has 0 heterocycles. The SMILES string of the molecule is Cc1cccc(C)c1NC(=O)c1ccc(NCC(C)C=O)cc1. The van der Waals surface area contributed by atoms with E-state index in [0.717, 1.165) is 28.8 Å². The van der Waals surface area contributed by atoms with Crippen LogP contribution in [0.25, 0.3) is 0 Å². The number of hydrogen-bond acceptors (Lipinski definition) is 3. The quantitative estimate of drug-likeness (QED) is 0.798. The Morgan fingerprint density at radius 1 is 1.09 bits per heavy atom. The highest BCUT2D eigenvalue weighted by Crippen LogP contribution is 2.20. The molecule has 0 saturated heterocycles. The van der Waals surface area contributed by atoms with Gasteiger partial charge in [0, 0.05) is 29.4 Å². The average Bonchev–Trinajstić information content (AvgIpc) is 2.56. The molecule has 4 nitrogen and oxygen atoms in total. The molecule has 2 N–H and O–H groups in total. The van der Waals surface area contributed by atoms with Crippen molar-refractivity contribution >= 4 is 23.6 Å². The number of hydrogen-bond donors (Lipinski definition) is 2. The molecular weight excluding hydrogens is 288 g/mol. The Kier molecular flexibility index (Phi) is 5.52. The summed E-state index contributed by atoms with van der Waals surface area (Å²) in [6, 6.07) is 13.2. The third kappa shape index (κ3) is 4.42. The zero-order chi connectivity index (χ0) is 16.8. The second-order valence-electron chi connectivity index (χ2n) is 5.79. The minimum absolute atomic E-state index is 0.0398. The van der Waals surface area contributed by atoms with Crippen LogP contribution in [0.3, 0.4) is 0 Å². The summed E-state index contributed by atoms with van der Waals surface area (Å²) in [7, 11) is 0. The standard InChI is InChI=1S/C19H22N2O2/c1-13(12-22)11-20-17-9-7-16(8-10-17)19(23)21-18-14(2)5-4-6-15(18)3/h4-10,12-13,20H,11H2,1-3H3,(H,21,23). The Morgan fingerprint density at radius 2 is 1.70 bits per heavy atom. The number of para-hydroxylation sites is 1. The lowest BCUT2D eigenvalue weighted by atomic mass is 10.1. The van der Waals surface area contributed by atoms with E-state index in [1.54, 1.807) is 12.1 Å². The fourth-order valence-corrected chi connectivity index (χ4v) is 2.26. The minimum atomic E-state index is -0.129. The molecule has 0 spiro atoms. The first-order valence-corrected chi connectivity index (χ1v) is 7.68. The summed E-state index contributed by atoms with van der Waals surface area (Å²) >= 11 is 0. The van der Waals surface area contributed by atoms with E-state index in [4.69, 9.17) is 0 Å². The van der Waals surface area contributed by atoms with E-state index in [9.17, 15) is 9.59 Å². The smallest absolute Gasteiger partial charge is 0.255 e. The van der Waals surface area contributed by atoms with Gasteiger partial charge in [-0.2, -0.15) is 0 Å². The van der Waals surface area contributed by atoms with Gasteiger partial charge in [0.05, 0.1) is 0 Å². The van der Waals surface area contributed by atoms with Crippen molar-refractivity contribution in [2.45, 2.75) is 20.8 Å². The van der Waals surface area contributed by atoms with Gasteiger partial charge in [-0.3, -0.25) is 4.79 Å². The van der Waals surface area contributed by atoms with Gasteiger partial charge in [0.25, 0.3) is 5.91 Å². The molecule has 0 bridgehead atoms. The Morgan fingerprint density at radius 3 is 2.26 bits per heavy atom. The molecule has 2 rings (SSSR count). The molecule has 2 aromatic carbocycles. The molecule has 0 aromatic heterocycles. The molecule has 1 atom stereocenters. The molecule has 0 radical (unpaired) electrons. The summed E-state index contributed by atoms with van der Waals surface area (Å²) in [5.74, 6) is -0.169. The van der Waals surface area contributed by atoms with Crippen molar-refractivity contribution < 1.29 is 9.59 Å². The lowest BCUT2D eigenvalue weighted by molar-refractivity contribution is -0.110. The van der Waals surface area contributed by atoms with Crippen molar-refractivity contribution in [1.29, 1.82) is 0 Å². The predicted octanol–water partition coefficient (Wildman–Crippen LogP) is 3.80. The van der Waals surface area contributed by atoms with Crippen molar-refractivity contribution in [3.63, 3.8) is 0 Å². The summed E-state index contributed by atoms with van der Waals surface area (Å²) in [5, 5.41) is 6.13. The molecule has 0 fully saturated rings. The van der Waals surface area contributed by atoms with Crippen molar-refractivity contribution in [1.82, 2.24) is 0 Å². The van der Waals surface area contributed by atoms with Crippen molar-refractivity contribution in [2.75, 3.05) is 17.2 Å². The molecule has 0 aliphatic heterocycles. The van der Waals surface area contributed by atoms with Gasteiger partial charge in [-0.1, -0.05) is 25.1 Å². The summed E-state index contributed by atoms with van der Waals surface area (Å²) in [5.41, 5.74) is 4.43. The van der Waals surface area contributed by atoms with Crippen molar-refractivity contribution in [3.8, 4) is 0 Å². The van der Waals surface area contributed by atoms with Gasteiger partial charge in [0.2, 0.25) is 0 Å². The van der Waals surface area contributed by atoms with E-state index in [-0.39, 0.29) is 11.8 Å². The van der Waals surface area contributed by atoms with Crippen LogP contribution in [0, 0.1) is 19.8 Å². The zero-order valence-corrected chi connectivity index (χ0v) is 13.7. The van der Waals surface area contributed by atoms with Gasteiger partial charge in [-0.15, -0.1) is 0 Å². The number of carbonyl (C=O) groups is 2. The maximum atomic E-state index is 12.4.